The van der Waals surface area contributed by atoms with E-state index in [1.807, 2.05) is 84.9 Å². The van der Waals surface area contributed by atoms with Crippen LogP contribution in [0.1, 0.15) is 34.8 Å². The maximum atomic E-state index is 14.3. The smallest absolute Gasteiger partial charge is 0.252 e. The SMILES string of the molecule is O=C(NCCc1ccccc1)[C@]1(Cc2ccccc2)N=C(c2ccc(OCCCO)cc2)O[C@@H]1c1ccc(Cl)cc1Cl. The van der Waals surface area contributed by atoms with Crippen LogP contribution in [0, 0.1) is 0 Å². The van der Waals surface area contributed by atoms with Crippen molar-refractivity contribution in [2.45, 2.75) is 30.9 Å². The Morgan fingerprint density at radius 3 is 2.29 bits per heavy atom. The molecule has 0 spiro atoms. The van der Waals surface area contributed by atoms with E-state index in [1.165, 1.54) is 0 Å². The van der Waals surface area contributed by atoms with Gasteiger partial charge in [-0.3, -0.25) is 4.79 Å². The lowest BCUT2D eigenvalue weighted by atomic mass is 9.82. The average molecular weight is 604 g/mol. The molecule has 0 aliphatic carbocycles. The number of amides is 1. The molecular formula is C34H32Cl2N2O4. The summed E-state index contributed by atoms with van der Waals surface area (Å²) in [5.74, 6) is 0.747. The van der Waals surface area contributed by atoms with E-state index in [1.54, 1.807) is 18.2 Å². The van der Waals surface area contributed by atoms with Gasteiger partial charge in [-0.1, -0.05) is 89.9 Å². The minimum Gasteiger partial charge on any atom is -0.494 e. The standard InChI is InChI=1S/C34H32Cl2N2O4/c35-27-14-17-29(30(36)22-27)31-34(23-25-10-5-2-6-11-25,33(40)37-19-18-24-8-3-1-4-9-24)38-32(42-31)26-12-15-28(16-13-26)41-21-7-20-39/h1-6,8-17,22,31,39H,7,18-21,23H2,(H,37,40)/t31-,34-/m1/s1. The molecule has 2 N–H and O–H groups in total. The van der Waals surface area contributed by atoms with Crippen molar-refractivity contribution in [3.63, 3.8) is 0 Å². The van der Waals surface area contributed by atoms with Crippen molar-refractivity contribution in [1.82, 2.24) is 5.32 Å². The summed E-state index contributed by atoms with van der Waals surface area (Å²) in [4.78, 5) is 19.3. The van der Waals surface area contributed by atoms with Crippen LogP contribution in [0.3, 0.4) is 0 Å². The fourth-order valence-corrected chi connectivity index (χ4v) is 5.51. The number of nitrogens with zero attached hydrogens (tertiary/aromatic N) is 1. The quantitative estimate of drug-likeness (QED) is 0.179. The van der Waals surface area contributed by atoms with Crippen molar-refractivity contribution < 1.29 is 19.4 Å². The minimum absolute atomic E-state index is 0.0638. The Balaban J connectivity index is 1.53. The zero-order valence-corrected chi connectivity index (χ0v) is 24.5. The Bertz CT molecular complexity index is 1510. The second-order valence-electron chi connectivity index (χ2n) is 10.1. The Hall–Kier alpha value is -3.84. The molecule has 42 heavy (non-hydrogen) atoms. The van der Waals surface area contributed by atoms with E-state index in [9.17, 15) is 4.79 Å². The number of carbonyl (C=O) groups excluding carboxylic acids is 1. The summed E-state index contributed by atoms with van der Waals surface area (Å²) in [5.41, 5.74) is 2.04. The third-order valence-corrected chi connectivity index (χ3v) is 7.70. The number of hydrogen-bond donors (Lipinski definition) is 2. The van der Waals surface area contributed by atoms with Crippen molar-refractivity contribution in [2.75, 3.05) is 19.8 Å². The molecule has 0 saturated carbocycles. The Morgan fingerprint density at radius 1 is 0.929 bits per heavy atom. The number of halogens is 2. The minimum atomic E-state index is -1.35. The third-order valence-electron chi connectivity index (χ3n) is 7.13. The Morgan fingerprint density at radius 2 is 1.62 bits per heavy atom. The number of aliphatic imine (C=N–C) groups is 1. The van der Waals surface area contributed by atoms with E-state index in [4.69, 9.17) is 42.8 Å². The number of aliphatic hydroxyl groups is 1. The first kappa shape index (κ1) is 29.6. The van der Waals surface area contributed by atoms with Gasteiger partial charge in [0.1, 0.15) is 5.75 Å². The van der Waals surface area contributed by atoms with Crippen LogP contribution in [-0.2, 0) is 22.4 Å². The Labute approximate surface area is 255 Å². The molecule has 0 unspecified atom stereocenters. The summed E-state index contributed by atoms with van der Waals surface area (Å²) in [6, 6.07) is 32.3. The first-order chi connectivity index (χ1) is 20.5. The van der Waals surface area contributed by atoms with Gasteiger partial charge in [0.2, 0.25) is 5.90 Å². The molecule has 0 fully saturated rings. The lowest BCUT2D eigenvalue weighted by Gasteiger charge is -2.31. The zero-order valence-electron chi connectivity index (χ0n) is 23.0. The predicted octanol–water partition coefficient (Wildman–Crippen LogP) is 6.61. The summed E-state index contributed by atoms with van der Waals surface area (Å²) in [6.07, 6.45) is 0.702. The molecule has 216 valence electrons. The number of nitrogens with one attached hydrogen (secondary N) is 1. The molecule has 1 heterocycles. The molecule has 4 aromatic rings. The Kier molecular flexibility index (Phi) is 9.80. The molecule has 8 heteroatoms. The van der Waals surface area contributed by atoms with Gasteiger partial charge in [0.05, 0.1) is 6.61 Å². The highest BCUT2D eigenvalue weighted by Gasteiger charge is 2.53. The number of aliphatic hydroxyl groups excluding tert-OH is 1. The number of rotatable bonds is 12. The van der Waals surface area contributed by atoms with Gasteiger partial charge < -0.3 is 19.9 Å². The van der Waals surface area contributed by atoms with Crippen molar-refractivity contribution in [3.05, 3.63) is 135 Å². The number of carbonyl (C=O) groups is 1. The molecule has 2 atom stereocenters. The largest absolute Gasteiger partial charge is 0.494 e. The molecule has 0 radical (unpaired) electrons. The van der Waals surface area contributed by atoms with E-state index < -0.39 is 11.6 Å². The van der Waals surface area contributed by atoms with E-state index in [0.29, 0.717) is 65.2 Å². The van der Waals surface area contributed by atoms with E-state index >= 15 is 0 Å². The highest BCUT2D eigenvalue weighted by Crippen LogP contribution is 2.45. The van der Waals surface area contributed by atoms with Crippen LogP contribution in [0.2, 0.25) is 10.0 Å². The van der Waals surface area contributed by atoms with Gasteiger partial charge in [-0.05, 0) is 53.9 Å². The maximum Gasteiger partial charge on any atom is 0.252 e. The second-order valence-corrected chi connectivity index (χ2v) is 11.0. The summed E-state index contributed by atoms with van der Waals surface area (Å²) in [5, 5.41) is 13.1. The van der Waals surface area contributed by atoms with Gasteiger partial charge in [0.25, 0.3) is 5.91 Å². The average Bonchev–Trinajstić information content (AvgIpc) is 3.38. The first-order valence-corrected chi connectivity index (χ1v) is 14.7. The zero-order chi connectivity index (χ0) is 29.4. The van der Waals surface area contributed by atoms with Gasteiger partial charge >= 0.3 is 0 Å². The molecule has 5 rings (SSSR count). The fourth-order valence-electron chi connectivity index (χ4n) is 5.00. The van der Waals surface area contributed by atoms with Gasteiger partial charge in [0, 0.05) is 47.2 Å². The molecule has 0 bridgehead atoms. The van der Waals surface area contributed by atoms with E-state index in [0.717, 1.165) is 11.1 Å². The van der Waals surface area contributed by atoms with Crippen LogP contribution in [-0.4, -0.2) is 42.2 Å². The highest BCUT2D eigenvalue weighted by molar-refractivity contribution is 6.35. The van der Waals surface area contributed by atoms with Crippen LogP contribution in [0.5, 0.6) is 5.75 Å². The maximum absolute atomic E-state index is 14.3. The van der Waals surface area contributed by atoms with Crippen LogP contribution >= 0.6 is 23.2 Å². The van der Waals surface area contributed by atoms with Gasteiger partial charge in [-0.25, -0.2) is 4.99 Å². The lowest BCUT2D eigenvalue weighted by Crippen LogP contribution is -2.50. The van der Waals surface area contributed by atoms with Gasteiger partial charge in [-0.15, -0.1) is 0 Å². The summed E-state index contributed by atoms with van der Waals surface area (Å²) < 4.78 is 12.2. The monoisotopic (exact) mass is 602 g/mol. The molecule has 1 aliphatic rings. The predicted molar refractivity (Wildman–Crippen MR) is 166 cm³/mol. The van der Waals surface area contributed by atoms with Crippen molar-refractivity contribution >= 4 is 35.0 Å². The number of ether oxygens (including phenoxy) is 2. The first-order valence-electron chi connectivity index (χ1n) is 13.9. The number of hydrogen-bond acceptors (Lipinski definition) is 5. The van der Waals surface area contributed by atoms with E-state index in [-0.39, 0.29) is 12.5 Å². The van der Waals surface area contributed by atoms with Crippen LogP contribution in [0.4, 0.5) is 0 Å². The second kappa shape index (κ2) is 13.9. The summed E-state index contributed by atoms with van der Waals surface area (Å²) in [6.45, 7) is 0.910. The fraction of sp³-hybridized carbons (Fsp3) is 0.235. The van der Waals surface area contributed by atoms with E-state index in [2.05, 4.69) is 5.32 Å². The highest BCUT2D eigenvalue weighted by atomic mass is 35.5. The molecule has 6 nitrogen and oxygen atoms in total. The number of benzene rings is 4. The molecule has 4 aromatic carbocycles. The third kappa shape index (κ3) is 6.96. The van der Waals surface area contributed by atoms with Crippen molar-refractivity contribution in [3.8, 4) is 5.75 Å². The summed E-state index contributed by atoms with van der Waals surface area (Å²) >= 11 is 13.0. The molecule has 0 aromatic heterocycles. The van der Waals surface area contributed by atoms with Crippen LogP contribution in [0.25, 0.3) is 0 Å². The summed E-state index contributed by atoms with van der Waals surface area (Å²) in [7, 11) is 0. The van der Waals surface area contributed by atoms with Gasteiger partial charge in [0.15, 0.2) is 11.6 Å². The van der Waals surface area contributed by atoms with Crippen molar-refractivity contribution in [1.29, 1.82) is 0 Å². The van der Waals surface area contributed by atoms with Crippen LogP contribution < -0.4 is 10.1 Å². The molecular weight excluding hydrogens is 571 g/mol. The molecule has 1 aliphatic heterocycles. The normalized spacial score (nSPS) is 17.8. The molecule has 1 amide bonds. The lowest BCUT2D eigenvalue weighted by molar-refractivity contribution is -0.128. The molecule has 0 saturated heterocycles. The topological polar surface area (TPSA) is 80.2 Å². The van der Waals surface area contributed by atoms with Gasteiger partial charge in [-0.2, -0.15) is 0 Å². The van der Waals surface area contributed by atoms with Crippen LogP contribution in [0.15, 0.2) is 108 Å². The van der Waals surface area contributed by atoms with Crippen molar-refractivity contribution in [2.24, 2.45) is 4.99 Å².